The van der Waals surface area contributed by atoms with E-state index >= 15 is 0 Å². The number of ether oxygens (including phenoxy) is 1. The molecule has 8 nitrogen and oxygen atoms in total. The number of anilines is 2. The average molecular weight is 375 g/mol. The smallest absolute Gasteiger partial charge is 0.410 e. The van der Waals surface area contributed by atoms with Gasteiger partial charge < -0.3 is 19.9 Å². The van der Waals surface area contributed by atoms with Crippen LogP contribution in [0.3, 0.4) is 0 Å². The van der Waals surface area contributed by atoms with Gasteiger partial charge in [-0.25, -0.2) is 14.8 Å². The second-order valence-corrected chi connectivity index (χ2v) is 8.98. The first-order chi connectivity index (χ1) is 12.4. The number of amides is 2. The predicted molar refractivity (Wildman–Crippen MR) is 103 cm³/mol. The number of piperazine rings is 1. The highest BCUT2D eigenvalue weighted by Gasteiger charge is 2.45. The van der Waals surface area contributed by atoms with E-state index in [0.29, 0.717) is 18.9 Å². The van der Waals surface area contributed by atoms with Crippen LogP contribution >= 0.6 is 0 Å². The third-order valence-electron chi connectivity index (χ3n) is 5.14. The number of nitrogens with zero attached hydrogens (tertiary/aromatic N) is 4. The molecule has 27 heavy (non-hydrogen) atoms. The van der Waals surface area contributed by atoms with E-state index in [-0.39, 0.29) is 24.1 Å². The first-order valence-electron chi connectivity index (χ1n) is 9.35. The molecule has 148 valence electrons. The van der Waals surface area contributed by atoms with E-state index in [0.717, 1.165) is 11.4 Å². The molecule has 0 aliphatic carbocycles. The fourth-order valence-electron chi connectivity index (χ4n) is 3.64. The Hall–Kier alpha value is -2.38. The summed E-state index contributed by atoms with van der Waals surface area (Å²) in [4.78, 5) is 37.6. The van der Waals surface area contributed by atoms with E-state index in [2.05, 4.69) is 27.1 Å². The summed E-state index contributed by atoms with van der Waals surface area (Å²) in [5.41, 5.74) is -0.405. The van der Waals surface area contributed by atoms with Crippen molar-refractivity contribution >= 4 is 23.6 Å². The third-order valence-corrected chi connectivity index (χ3v) is 5.14. The van der Waals surface area contributed by atoms with Crippen molar-refractivity contribution in [3.8, 4) is 0 Å². The molecule has 2 amide bonds. The van der Waals surface area contributed by atoms with E-state index in [1.807, 2.05) is 41.5 Å². The molecular weight excluding hydrogens is 346 g/mol. The molecule has 1 aromatic heterocycles. The largest absolute Gasteiger partial charge is 0.444 e. The maximum atomic E-state index is 12.6. The van der Waals surface area contributed by atoms with Crippen molar-refractivity contribution in [1.82, 2.24) is 14.9 Å². The molecule has 0 radical (unpaired) electrons. The zero-order chi connectivity index (χ0) is 20.1. The lowest BCUT2D eigenvalue weighted by Gasteiger charge is -2.45. The molecule has 0 bridgehead atoms. The molecule has 3 heterocycles. The number of fused-ring (bicyclic) bond motifs is 1. The van der Waals surface area contributed by atoms with E-state index in [4.69, 9.17) is 4.74 Å². The second kappa shape index (κ2) is 6.35. The van der Waals surface area contributed by atoms with Gasteiger partial charge in [0.15, 0.2) is 0 Å². The Morgan fingerprint density at radius 2 is 1.89 bits per heavy atom. The van der Waals surface area contributed by atoms with Crippen LogP contribution in [-0.2, 0) is 14.9 Å². The number of aromatic nitrogens is 2. The minimum atomic E-state index is -0.697. The molecule has 2 aliphatic heterocycles. The first-order valence-corrected chi connectivity index (χ1v) is 9.35. The van der Waals surface area contributed by atoms with Crippen LogP contribution in [0.1, 0.15) is 54.0 Å². The van der Waals surface area contributed by atoms with Crippen molar-refractivity contribution in [1.29, 1.82) is 0 Å². The number of hydrogen-bond donors (Lipinski definition) is 1. The summed E-state index contributed by atoms with van der Waals surface area (Å²) >= 11 is 0. The standard InChI is InChI=1S/C19H29N5O3/c1-11-9-24(17(26)27-18(3,4)5)12(2)8-23(11)15-13-14(20-10-21-15)22-16(25)19(13,6)7/h10-12H,8-9H2,1-7H3,(H,20,21,22,25)/t11-,12+/m0/s1. The summed E-state index contributed by atoms with van der Waals surface area (Å²) in [5.74, 6) is 1.25. The number of rotatable bonds is 1. The molecular formula is C19H29N5O3. The van der Waals surface area contributed by atoms with E-state index < -0.39 is 11.0 Å². The van der Waals surface area contributed by atoms with Gasteiger partial charge in [0.25, 0.3) is 0 Å². The topological polar surface area (TPSA) is 87.7 Å². The minimum Gasteiger partial charge on any atom is -0.444 e. The molecule has 2 aliphatic rings. The van der Waals surface area contributed by atoms with Gasteiger partial charge in [-0.15, -0.1) is 0 Å². The molecule has 1 fully saturated rings. The summed E-state index contributed by atoms with van der Waals surface area (Å²) in [5, 5.41) is 2.84. The Balaban J connectivity index is 1.87. The molecule has 0 saturated carbocycles. The van der Waals surface area contributed by atoms with Crippen molar-refractivity contribution in [3.63, 3.8) is 0 Å². The van der Waals surface area contributed by atoms with Crippen molar-refractivity contribution in [2.24, 2.45) is 0 Å². The number of carbonyl (C=O) groups excluding carboxylic acids is 2. The third kappa shape index (κ3) is 3.44. The van der Waals surface area contributed by atoms with E-state index in [9.17, 15) is 9.59 Å². The molecule has 0 aromatic carbocycles. The lowest BCUT2D eigenvalue weighted by atomic mass is 9.86. The van der Waals surface area contributed by atoms with E-state index in [1.54, 1.807) is 4.90 Å². The summed E-state index contributed by atoms with van der Waals surface area (Å²) in [6.07, 6.45) is 1.18. The van der Waals surface area contributed by atoms with Gasteiger partial charge in [0.1, 0.15) is 23.6 Å². The van der Waals surface area contributed by atoms with Gasteiger partial charge in [-0.2, -0.15) is 0 Å². The van der Waals surface area contributed by atoms with Gasteiger partial charge in [0, 0.05) is 25.2 Å². The molecule has 8 heteroatoms. The quantitative estimate of drug-likeness (QED) is 0.812. The van der Waals surface area contributed by atoms with Crippen molar-refractivity contribution in [2.45, 2.75) is 71.6 Å². The predicted octanol–water partition coefficient (Wildman–Crippen LogP) is 2.54. The molecule has 3 rings (SSSR count). The second-order valence-electron chi connectivity index (χ2n) is 8.98. The zero-order valence-corrected chi connectivity index (χ0v) is 17.2. The first kappa shape index (κ1) is 19.4. The summed E-state index contributed by atoms with van der Waals surface area (Å²) in [6.45, 7) is 14.5. The van der Waals surface area contributed by atoms with Crippen LogP contribution in [0, 0.1) is 0 Å². The number of carbonyl (C=O) groups is 2. The fourth-order valence-corrected chi connectivity index (χ4v) is 3.64. The van der Waals surface area contributed by atoms with Gasteiger partial charge >= 0.3 is 6.09 Å². The van der Waals surface area contributed by atoms with Crippen LogP contribution in [-0.4, -0.2) is 57.6 Å². The Kier molecular flexibility index (Phi) is 4.56. The molecule has 2 atom stereocenters. The van der Waals surface area contributed by atoms with Crippen molar-refractivity contribution in [3.05, 3.63) is 11.9 Å². The molecule has 1 saturated heterocycles. The van der Waals surface area contributed by atoms with Crippen LogP contribution in [0.25, 0.3) is 0 Å². The number of hydrogen-bond acceptors (Lipinski definition) is 6. The highest BCUT2D eigenvalue weighted by molar-refractivity contribution is 6.06. The maximum Gasteiger partial charge on any atom is 0.410 e. The Bertz CT molecular complexity index is 771. The maximum absolute atomic E-state index is 12.6. The Morgan fingerprint density at radius 3 is 2.52 bits per heavy atom. The zero-order valence-electron chi connectivity index (χ0n) is 17.2. The van der Waals surface area contributed by atoms with Gasteiger partial charge in [-0.05, 0) is 48.5 Å². The SMILES string of the molecule is C[C@@H]1CN(c2ncnc3c2C(C)(C)C(=O)N3)[C@@H](C)CN1C(=O)OC(C)(C)C. The van der Waals surface area contributed by atoms with Crippen molar-refractivity contribution < 1.29 is 14.3 Å². The van der Waals surface area contributed by atoms with Crippen LogP contribution in [0.4, 0.5) is 16.4 Å². The van der Waals surface area contributed by atoms with Gasteiger partial charge in [-0.3, -0.25) is 4.79 Å². The van der Waals surface area contributed by atoms with Gasteiger partial charge in [0.05, 0.1) is 11.0 Å². The minimum absolute atomic E-state index is 0.0271. The lowest BCUT2D eigenvalue weighted by molar-refractivity contribution is -0.119. The van der Waals surface area contributed by atoms with Crippen LogP contribution in [0.5, 0.6) is 0 Å². The Morgan fingerprint density at radius 1 is 1.22 bits per heavy atom. The molecule has 0 spiro atoms. The summed E-state index contributed by atoms with van der Waals surface area (Å²) < 4.78 is 5.55. The van der Waals surface area contributed by atoms with E-state index in [1.165, 1.54) is 6.33 Å². The highest BCUT2D eigenvalue weighted by atomic mass is 16.6. The monoisotopic (exact) mass is 375 g/mol. The van der Waals surface area contributed by atoms with Gasteiger partial charge in [-0.1, -0.05) is 0 Å². The van der Waals surface area contributed by atoms with Crippen molar-refractivity contribution in [2.75, 3.05) is 23.3 Å². The van der Waals surface area contributed by atoms with Gasteiger partial charge in [0.2, 0.25) is 5.91 Å². The molecule has 1 aromatic rings. The molecule has 0 unspecified atom stereocenters. The normalized spacial score (nSPS) is 24.5. The van der Waals surface area contributed by atoms with Crippen LogP contribution in [0.15, 0.2) is 6.33 Å². The molecule has 1 N–H and O–H groups in total. The van der Waals surface area contributed by atoms with Crippen LogP contribution < -0.4 is 10.2 Å². The average Bonchev–Trinajstić information content (AvgIpc) is 2.77. The highest BCUT2D eigenvalue weighted by Crippen LogP contribution is 2.42. The Labute approximate surface area is 160 Å². The summed E-state index contributed by atoms with van der Waals surface area (Å²) in [7, 11) is 0. The number of nitrogens with one attached hydrogen (secondary N) is 1. The lowest BCUT2D eigenvalue weighted by Crippen LogP contribution is -2.59. The van der Waals surface area contributed by atoms with Crippen LogP contribution in [0.2, 0.25) is 0 Å². The fraction of sp³-hybridized carbons (Fsp3) is 0.684. The summed E-state index contributed by atoms with van der Waals surface area (Å²) in [6, 6.07) is -0.0194.